The van der Waals surface area contributed by atoms with E-state index in [1.165, 1.54) is 16.9 Å². The molecule has 9 heteroatoms. The smallest absolute Gasteiger partial charge is 0.250 e. The molecule has 2 aliphatic heterocycles. The lowest BCUT2D eigenvalue weighted by Crippen LogP contribution is -2.48. The molecule has 1 aromatic heterocycles. The molecule has 2 aliphatic rings. The van der Waals surface area contributed by atoms with Gasteiger partial charge in [0.25, 0.3) is 0 Å². The van der Waals surface area contributed by atoms with E-state index in [2.05, 4.69) is 11.6 Å². The molecule has 0 saturated carbocycles. The Bertz CT molecular complexity index is 1040. The summed E-state index contributed by atoms with van der Waals surface area (Å²) in [5, 5.41) is 1.74. The van der Waals surface area contributed by atoms with Gasteiger partial charge in [0, 0.05) is 37.8 Å². The topological polar surface area (TPSA) is 86.8 Å². The molecule has 2 amide bonds. The second kappa shape index (κ2) is 9.72. The lowest BCUT2D eigenvalue weighted by atomic mass is 10.0. The van der Waals surface area contributed by atoms with Crippen molar-refractivity contribution in [2.24, 2.45) is 5.92 Å². The number of hydrogen-bond acceptors (Lipinski definition) is 5. The average Bonchev–Trinajstić information content (AvgIpc) is 3.45. The number of piperidine rings is 1. The third kappa shape index (κ3) is 5.05. The Morgan fingerprint density at radius 2 is 1.88 bits per heavy atom. The van der Waals surface area contributed by atoms with Crippen molar-refractivity contribution < 1.29 is 18.0 Å². The Morgan fingerprint density at radius 1 is 1.16 bits per heavy atom. The number of nitrogens with one attached hydrogen (secondary N) is 1. The molecule has 0 bridgehead atoms. The van der Waals surface area contributed by atoms with Crippen LogP contribution >= 0.6 is 11.3 Å². The summed E-state index contributed by atoms with van der Waals surface area (Å²) in [7, 11) is -3.51. The normalized spacial score (nSPS) is 20.2. The molecule has 7 nitrogen and oxygen atoms in total. The molecule has 172 valence electrons. The molecule has 2 aromatic rings. The van der Waals surface area contributed by atoms with Gasteiger partial charge in [0.1, 0.15) is 4.21 Å². The van der Waals surface area contributed by atoms with Gasteiger partial charge in [0.15, 0.2) is 0 Å². The maximum atomic E-state index is 13.1. The van der Waals surface area contributed by atoms with Crippen LogP contribution in [0.3, 0.4) is 0 Å². The molecule has 0 aliphatic carbocycles. The van der Waals surface area contributed by atoms with Crippen molar-refractivity contribution in [2.75, 3.05) is 24.5 Å². The highest BCUT2D eigenvalue weighted by Gasteiger charge is 2.38. The van der Waals surface area contributed by atoms with Gasteiger partial charge in [0.05, 0.1) is 5.92 Å². The van der Waals surface area contributed by atoms with Crippen molar-refractivity contribution in [1.82, 2.24) is 9.62 Å². The second-order valence-corrected chi connectivity index (χ2v) is 11.4. The van der Waals surface area contributed by atoms with Crippen molar-refractivity contribution in [3.8, 4) is 0 Å². The number of benzene rings is 1. The Labute approximate surface area is 193 Å². The summed E-state index contributed by atoms with van der Waals surface area (Å²) in [6, 6.07) is 11.1. The second-order valence-electron chi connectivity index (χ2n) is 8.47. The lowest BCUT2D eigenvalue weighted by Gasteiger charge is -2.33. The van der Waals surface area contributed by atoms with Crippen LogP contribution in [0.4, 0.5) is 5.69 Å². The molecule has 4 rings (SSSR count). The van der Waals surface area contributed by atoms with Crippen molar-refractivity contribution in [2.45, 2.75) is 49.3 Å². The van der Waals surface area contributed by atoms with Crippen LogP contribution in [0.25, 0.3) is 0 Å². The van der Waals surface area contributed by atoms with Crippen LogP contribution in [0.5, 0.6) is 0 Å². The lowest BCUT2D eigenvalue weighted by molar-refractivity contribution is -0.136. The van der Waals surface area contributed by atoms with Gasteiger partial charge in [-0.1, -0.05) is 31.5 Å². The first kappa shape index (κ1) is 22.9. The standard InChI is InChI=1S/C23H29N3O4S2/c1-2-4-17-6-8-20(9-7-17)26-16-18(15-21(26)27)23(28)25-12-10-19(11-13-25)24-32(29,30)22-5-3-14-31-22/h3,5-9,14,18-19,24H,2,4,10-13,15-16H2,1H3. The fraction of sp³-hybridized carbons (Fsp3) is 0.478. The number of thiophene rings is 1. The summed E-state index contributed by atoms with van der Waals surface area (Å²) in [6.45, 7) is 3.52. The van der Waals surface area contributed by atoms with Gasteiger partial charge in [-0.3, -0.25) is 9.59 Å². The molecule has 2 fully saturated rings. The van der Waals surface area contributed by atoms with E-state index in [9.17, 15) is 18.0 Å². The number of nitrogens with zero attached hydrogens (tertiary/aromatic N) is 2. The van der Waals surface area contributed by atoms with E-state index < -0.39 is 10.0 Å². The van der Waals surface area contributed by atoms with E-state index in [-0.39, 0.29) is 30.2 Å². The van der Waals surface area contributed by atoms with Gasteiger partial charge in [-0.2, -0.15) is 0 Å². The van der Waals surface area contributed by atoms with Gasteiger partial charge >= 0.3 is 0 Å². The zero-order valence-corrected chi connectivity index (χ0v) is 19.8. The Hall–Kier alpha value is -2.23. The highest BCUT2D eigenvalue weighted by molar-refractivity contribution is 7.91. The van der Waals surface area contributed by atoms with Crippen LogP contribution in [0, 0.1) is 5.92 Å². The SMILES string of the molecule is CCCc1ccc(N2CC(C(=O)N3CCC(NS(=O)(=O)c4cccs4)CC3)CC2=O)cc1. The largest absolute Gasteiger partial charge is 0.342 e. The van der Waals surface area contributed by atoms with Crippen LogP contribution < -0.4 is 9.62 Å². The summed E-state index contributed by atoms with van der Waals surface area (Å²) >= 11 is 1.19. The number of amides is 2. The zero-order chi connectivity index (χ0) is 22.7. The zero-order valence-electron chi connectivity index (χ0n) is 18.2. The Kier molecular flexibility index (Phi) is 6.97. The molecule has 0 radical (unpaired) electrons. The minimum Gasteiger partial charge on any atom is -0.342 e. The third-order valence-corrected chi connectivity index (χ3v) is 9.07. The van der Waals surface area contributed by atoms with E-state index in [1.54, 1.807) is 27.3 Å². The van der Waals surface area contributed by atoms with E-state index in [0.29, 0.717) is 36.7 Å². The molecule has 1 unspecified atom stereocenters. The number of aryl methyl sites for hydroxylation is 1. The highest BCUT2D eigenvalue weighted by Crippen LogP contribution is 2.28. The van der Waals surface area contributed by atoms with Crippen LogP contribution in [0.2, 0.25) is 0 Å². The monoisotopic (exact) mass is 475 g/mol. The number of hydrogen-bond donors (Lipinski definition) is 1. The maximum absolute atomic E-state index is 13.1. The summed E-state index contributed by atoms with van der Waals surface area (Å²) in [6.07, 6.45) is 3.44. The van der Waals surface area contributed by atoms with E-state index in [1.807, 2.05) is 24.3 Å². The van der Waals surface area contributed by atoms with Crippen LogP contribution in [-0.4, -0.2) is 50.8 Å². The van der Waals surface area contributed by atoms with Gasteiger partial charge in [0.2, 0.25) is 21.8 Å². The first-order chi connectivity index (χ1) is 15.4. The van der Waals surface area contributed by atoms with E-state index in [0.717, 1.165) is 18.5 Å². The van der Waals surface area contributed by atoms with Crippen molar-refractivity contribution >= 4 is 38.9 Å². The number of likely N-dealkylation sites (tertiary alicyclic amines) is 1. The summed E-state index contributed by atoms with van der Waals surface area (Å²) in [5.74, 6) is -0.384. The van der Waals surface area contributed by atoms with E-state index >= 15 is 0 Å². The molecular weight excluding hydrogens is 446 g/mol. The van der Waals surface area contributed by atoms with E-state index in [4.69, 9.17) is 0 Å². The molecule has 2 saturated heterocycles. The first-order valence-electron chi connectivity index (χ1n) is 11.1. The van der Waals surface area contributed by atoms with Gasteiger partial charge in [-0.15, -0.1) is 11.3 Å². The quantitative estimate of drug-likeness (QED) is 0.667. The molecular formula is C23H29N3O4S2. The average molecular weight is 476 g/mol. The van der Waals surface area contributed by atoms with Crippen LogP contribution in [-0.2, 0) is 26.0 Å². The Balaban J connectivity index is 1.31. The highest BCUT2D eigenvalue weighted by atomic mass is 32.2. The summed E-state index contributed by atoms with van der Waals surface area (Å²) in [4.78, 5) is 29.1. The number of anilines is 1. The number of carbonyl (C=O) groups is 2. The third-order valence-electron chi connectivity index (χ3n) is 6.15. The molecule has 32 heavy (non-hydrogen) atoms. The fourth-order valence-corrected chi connectivity index (χ4v) is 6.74. The summed E-state index contributed by atoms with van der Waals surface area (Å²) < 4.78 is 27.9. The van der Waals surface area contributed by atoms with Gasteiger partial charge in [-0.05, 0) is 48.4 Å². The molecule has 0 spiro atoms. The van der Waals surface area contributed by atoms with Crippen LogP contribution in [0.15, 0.2) is 46.0 Å². The molecule has 3 heterocycles. The number of rotatable bonds is 7. The first-order valence-corrected chi connectivity index (χ1v) is 13.5. The summed E-state index contributed by atoms with van der Waals surface area (Å²) in [5.41, 5.74) is 2.08. The minimum atomic E-state index is -3.51. The van der Waals surface area contributed by atoms with Crippen LogP contribution in [0.1, 0.15) is 38.2 Å². The Morgan fingerprint density at radius 3 is 2.50 bits per heavy atom. The predicted molar refractivity (Wildman–Crippen MR) is 125 cm³/mol. The maximum Gasteiger partial charge on any atom is 0.250 e. The van der Waals surface area contributed by atoms with Gasteiger partial charge < -0.3 is 9.80 Å². The van der Waals surface area contributed by atoms with Crippen molar-refractivity contribution in [3.05, 3.63) is 47.3 Å². The molecule has 1 atom stereocenters. The molecule has 1 N–H and O–H groups in total. The predicted octanol–water partition coefficient (Wildman–Crippen LogP) is 3.02. The fourth-order valence-electron chi connectivity index (χ4n) is 4.42. The van der Waals surface area contributed by atoms with Crippen molar-refractivity contribution in [3.63, 3.8) is 0 Å². The number of carbonyl (C=O) groups excluding carboxylic acids is 2. The minimum absolute atomic E-state index is 0.0111. The van der Waals surface area contributed by atoms with Gasteiger partial charge in [-0.25, -0.2) is 13.1 Å². The molecule has 1 aromatic carbocycles. The number of sulfonamides is 1. The van der Waals surface area contributed by atoms with Crippen molar-refractivity contribution in [1.29, 1.82) is 0 Å².